The highest BCUT2D eigenvalue weighted by molar-refractivity contribution is 5.92. The van der Waals surface area contributed by atoms with Crippen LogP contribution in [0.3, 0.4) is 0 Å². The number of hydrogen-bond acceptors (Lipinski definition) is 0. The number of rotatable bonds is 3. The first-order valence-electron chi connectivity index (χ1n) is 7.75. The predicted octanol–water partition coefficient (Wildman–Crippen LogP) is 5.83. The second-order valence-corrected chi connectivity index (χ2v) is 5.60. The summed E-state index contributed by atoms with van der Waals surface area (Å²) < 4.78 is 2.25. The Bertz CT molecular complexity index is 963. The van der Waals surface area contributed by atoms with Gasteiger partial charge in [0.05, 0.1) is 11.2 Å². The van der Waals surface area contributed by atoms with Crippen molar-refractivity contribution in [3.63, 3.8) is 0 Å². The van der Waals surface area contributed by atoms with Gasteiger partial charge in [0.15, 0.2) is 0 Å². The molecule has 4 rings (SSSR count). The van der Waals surface area contributed by atoms with E-state index in [0.29, 0.717) is 0 Å². The lowest BCUT2D eigenvalue weighted by atomic mass is 10.1. The first-order chi connectivity index (χ1) is 11.3. The maximum atomic E-state index is 4.37. The van der Waals surface area contributed by atoms with Crippen LogP contribution >= 0.6 is 0 Å². The van der Waals surface area contributed by atoms with Crippen molar-refractivity contribution >= 4 is 16.6 Å². The molecular weight excluding hydrogens is 278 g/mol. The first kappa shape index (κ1) is 13.6. The van der Waals surface area contributed by atoms with E-state index >= 15 is 0 Å². The van der Waals surface area contributed by atoms with Crippen LogP contribution in [0, 0.1) is 0 Å². The molecule has 3 aromatic carbocycles. The highest BCUT2D eigenvalue weighted by Crippen LogP contribution is 2.32. The fraction of sp³-hybridized carbons (Fsp3) is 0. The second-order valence-electron chi connectivity index (χ2n) is 5.60. The van der Waals surface area contributed by atoms with Crippen molar-refractivity contribution < 1.29 is 0 Å². The number of aromatic nitrogens is 1. The Morgan fingerprint density at radius 2 is 1.30 bits per heavy atom. The van der Waals surface area contributed by atoms with Gasteiger partial charge in [-0.3, -0.25) is 0 Å². The Labute approximate surface area is 136 Å². The fourth-order valence-electron chi connectivity index (χ4n) is 3.03. The largest absolute Gasteiger partial charge is 0.309 e. The van der Waals surface area contributed by atoms with Crippen LogP contribution in [0.15, 0.2) is 97.6 Å². The Kier molecular flexibility index (Phi) is 3.32. The van der Waals surface area contributed by atoms with E-state index in [9.17, 15) is 0 Å². The van der Waals surface area contributed by atoms with Gasteiger partial charge in [0.2, 0.25) is 0 Å². The van der Waals surface area contributed by atoms with Gasteiger partial charge in [-0.1, -0.05) is 85.4 Å². The lowest BCUT2D eigenvalue weighted by Crippen LogP contribution is -1.99. The van der Waals surface area contributed by atoms with Gasteiger partial charge >= 0.3 is 0 Å². The van der Waals surface area contributed by atoms with Gasteiger partial charge in [-0.15, -0.1) is 0 Å². The van der Waals surface area contributed by atoms with E-state index in [1.54, 1.807) is 0 Å². The standard InChI is InChI=1S/C22H17N/c1-17(18-10-4-2-5-11-18)23-21-15-9-8-14-20(21)16-22(23)19-12-6-3-7-13-19/h2-16H,1H2. The second kappa shape index (κ2) is 5.62. The summed E-state index contributed by atoms with van der Waals surface area (Å²) in [5.74, 6) is 0. The van der Waals surface area contributed by atoms with Crippen LogP contribution in [-0.4, -0.2) is 4.57 Å². The van der Waals surface area contributed by atoms with E-state index in [-0.39, 0.29) is 0 Å². The van der Waals surface area contributed by atoms with Gasteiger partial charge in [-0.05, 0) is 23.3 Å². The molecule has 0 N–H and O–H groups in total. The third kappa shape index (κ3) is 2.36. The van der Waals surface area contributed by atoms with Gasteiger partial charge < -0.3 is 4.57 Å². The summed E-state index contributed by atoms with van der Waals surface area (Å²) in [5.41, 5.74) is 5.67. The fourth-order valence-corrected chi connectivity index (χ4v) is 3.03. The molecule has 110 valence electrons. The minimum atomic E-state index is 0.991. The molecule has 0 saturated heterocycles. The van der Waals surface area contributed by atoms with Gasteiger partial charge in [0, 0.05) is 11.1 Å². The number of benzene rings is 3. The molecule has 0 saturated carbocycles. The Morgan fingerprint density at radius 1 is 0.696 bits per heavy atom. The molecule has 23 heavy (non-hydrogen) atoms. The molecular formula is C22H17N. The lowest BCUT2D eigenvalue weighted by Gasteiger charge is -2.14. The summed E-state index contributed by atoms with van der Waals surface area (Å²) >= 11 is 0. The quantitative estimate of drug-likeness (QED) is 0.448. The molecule has 0 aliphatic carbocycles. The Hall–Kier alpha value is -3.06. The molecule has 0 radical (unpaired) electrons. The molecule has 0 amide bonds. The zero-order valence-electron chi connectivity index (χ0n) is 12.8. The van der Waals surface area contributed by atoms with Crippen LogP contribution in [0.2, 0.25) is 0 Å². The third-order valence-corrected chi connectivity index (χ3v) is 4.16. The lowest BCUT2D eigenvalue weighted by molar-refractivity contribution is 1.17. The minimum Gasteiger partial charge on any atom is -0.309 e. The minimum absolute atomic E-state index is 0.991. The predicted molar refractivity (Wildman–Crippen MR) is 98.2 cm³/mol. The van der Waals surface area contributed by atoms with Crippen LogP contribution < -0.4 is 0 Å². The monoisotopic (exact) mass is 295 g/mol. The van der Waals surface area contributed by atoms with Crippen molar-refractivity contribution in [3.8, 4) is 11.3 Å². The first-order valence-corrected chi connectivity index (χ1v) is 7.75. The van der Waals surface area contributed by atoms with Crippen LogP contribution in [0.4, 0.5) is 0 Å². The summed E-state index contributed by atoms with van der Waals surface area (Å²) in [6.45, 7) is 4.37. The van der Waals surface area contributed by atoms with Crippen LogP contribution in [-0.2, 0) is 0 Å². The molecule has 1 heteroatoms. The molecule has 0 atom stereocenters. The van der Waals surface area contributed by atoms with E-state index in [1.165, 1.54) is 22.2 Å². The average Bonchev–Trinajstić information content (AvgIpc) is 3.02. The van der Waals surface area contributed by atoms with E-state index < -0.39 is 0 Å². The molecule has 4 aromatic rings. The summed E-state index contributed by atoms with van der Waals surface area (Å²) in [6, 6.07) is 31.5. The summed E-state index contributed by atoms with van der Waals surface area (Å²) in [6.07, 6.45) is 0. The van der Waals surface area contributed by atoms with E-state index in [0.717, 1.165) is 11.3 Å². The molecule has 0 spiro atoms. The van der Waals surface area contributed by atoms with Crippen LogP contribution in [0.1, 0.15) is 5.56 Å². The van der Waals surface area contributed by atoms with Crippen molar-refractivity contribution in [2.24, 2.45) is 0 Å². The summed E-state index contributed by atoms with van der Waals surface area (Å²) in [5, 5.41) is 1.23. The van der Waals surface area contributed by atoms with Crippen LogP contribution in [0.25, 0.3) is 27.9 Å². The molecule has 0 aliphatic heterocycles. The smallest absolute Gasteiger partial charge is 0.0540 e. The molecule has 0 bridgehead atoms. The summed E-state index contributed by atoms with van der Waals surface area (Å²) in [7, 11) is 0. The molecule has 1 heterocycles. The van der Waals surface area contributed by atoms with Crippen LogP contribution in [0.5, 0.6) is 0 Å². The van der Waals surface area contributed by atoms with Gasteiger partial charge in [-0.2, -0.15) is 0 Å². The van der Waals surface area contributed by atoms with Gasteiger partial charge in [0.25, 0.3) is 0 Å². The zero-order valence-corrected chi connectivity index (χ0v) is 12.8. The number of para-hydroxylation sites is 1. The topological polar surface area (TPSA) is 4.93 Å². The van der Waals surface area contributed by atoms with Crippen molar-refractivity contribution in [2.75, 3.05) is 0 Å². The highest BCUT2D eigenvalue weighted by atomic mass is 15.0. The van der Waals surface area contributed by atoms with E-state index in [1.807, 2.05) is 24.3 Å². The number of fused-ring (bicyclic) bond motifs is 1. The third-order valence-electron chi connectivity index (χ3n) is 4.16. The van der Waals surface area contributed by atoms with E-state index in [4.69, 9.17) is 0 Å². The average molecular weight is 295 g/mol. The van der Waals surface area contributed by atoms with Gasteiger partial charge in [0.1, 0.15) is 0 Å². The number of nitrogens with zero attached hydrogens (tertiary/aromatic N) is 1. The normalized spacial score (nSPS) is 10.8. The molecule has 0 unspecified atom stereocenters. The zero-order chi connectivity index (χ0) is 15.6. The summed E-state index contributed by atoms with van der Waals surface area (Å²) in [4.78, 5) is 0. The SMILES string of the molecule is C=C(c1ccccc1)n1c(-c2ccccc2)cc2ccccc21. The van der Waals surface area contributed by atoms with Crippen molar-refractivity contribution in [1.29, 1.82) is 0 Å². The highest BCUT2D eigenvalue weighted by Gasteiger charge is 2.13. The number of hydrogen-bond donors (Lipinski definition) is 0. The maximum absolute atomic E-state index is 4.37. The van der Waals surface area contributed by atoms with E-state index in [2.05, 4.69) is 77.9 Å². The molecule has 1 nitrogen and oxygen atoms in total. The Morgan fingerprint density at radius 3 is 2.04 bits per heavy atom. The maximum Gasteiger partial charge on any atom is 0.0540 e. The Balaban J connectivity index is 1.99. The van der Waals surface area contributed by atoms with Crippen molar-refractivity contribution in [1.82, 2.24) is 4.57 Å². The van der Waals surface area contributed by atoms with Crippen molar-refractivity contribution in [3.05, 3.63) is 103 Å². The van der Waals surface area contributed by atoms with Crippen molar-refractivity contribution in [2.45, 2.75) is 0 Å². The molecule has 0 aliphatic rings. The molecule has 0 fully saturated rings. The molecule has 1 aromatic heterocycles. The van der Waals surface area contributed by atoms with Gasteiger partial charge in [-0.25, -0.2) is 0 Å².